The number of carbonyl (C=O) groups excluding carboxylic acids is 1. The van der Waals surface area contributed by atoms with Gasteiger partial charge in [0.05, 0.1) is 18.9 Å². The van der Waals surface area contributed by atoms with Crippen LogP contribution in [0.5, 0.6) is 0 Å². The minimum Gasteiger partial charge on any atom is -0.598 e. The lowest BCUT2D eigenvalue weighted by Crippen LogP contribution is -2.61. The molecule has 0 radical (unpaired) electrons. The summed E-state index contributed by atoms with van der Waals surface area (Å²) in [6, 6.07) is 27.1. The number of primary amides is 1. The lowest BCUT2D eigenvalue weighted by Gasteiger charge is -2.43. The molecule has 1 saturated heterocycles. The van der Waals surface area contributed by atoms with E-state index in [4.69, 9.17) is 10.5 Å². The number of nitrogens with zero attached hydrogens (tertiary/aromatic N) is 2. The number of ether oxygens (including phenoxy) is 1. The molecule has 4 aromatic rings. The van der Waals surface area contributed by atoms with Gasteiger partial charge in [-0.15, -0.1) is 4.72 Å². The molecule has 0 bridgehead atoms. The molecule has 0 aliphatic carbocycles. The molecule has 5 rings (SSSR count). The van der Waals surface area contributed by atoms with E-state index in [2.05, 4.69) is 84.3 Å². The Balaban J connectivity index is 1.32. The summed E-state index contributed by atoms with van der Waals surface area (Å²) in [4.78, 5) is 11.5. The zero-order valence-electron chi connectivity index (χ0n) is 24.5. The molecule has 0 spiro atoms. The van der Waals surface area contributed by atoms with E-state index in [0.29, 0.717) is 13.2 Å². The van der Waals surface area contributed by atoms with Crippen molar-refractivity contribution in [2.45, 2.75) is 57.2 Å². The number of hydrogen-bond acceptors (Lipinski definition) is 5. The molecule has 1 atom stereocenters. The number of nitrogens with one attached hydrogen (secondary N) is 1. The summed E-state index contributed by atoms with van der Waals surface area (Å²) in [5.74, 6) is -0.535. The van der Waals surface area contributed by atoms with Crippen molar-refractivity contribution in [2.75, 3.05) is 13.2 Å². The van der Waals surface area contributed by atoms with E-state index < -0.39 is 22.8 Å². The molecular formula is C33H38N4O3S. The van der Waals surface area contributed by atoms with Crippen LogP contribution in [0.1, 0.15) is 67.5 Å². The number of rotatable bonds is 8. The van der Waals surface area contributed by atoms with Crippen molar-refractivity contribution in [1.82, 2.24) is 14.5 Å². The van der Waals surface area contributed by atoms with Gasteiger partial charge in [-0.1, -0.05) is 74.5 Å². The van der Waals surface area contributed by atoms with Gasteiger partial charge in [-0.05, 0) is 73.7 Å². The highest BCUT2D eigenvalue weighted by atomic mass is 32.2. The van der Waals surface area contributed by atoms with Gasteiger partial charge in [-0.25, -0.2) is 4.68 Å². The number of aryl methyl sites for hydroxylation is 1. The molecule has 1 fully saturated rings. The van der Waals surface area contributed by atoms with Crippen LogP contribution in [0.4, 0.5) is 0 Å². The zero-order chi connectivity index (χ0) is 29.6. The van der Waals surface area contributed by atoms with Crippen molar-refractivity contribution in [3.05, 3.63) is 107 Å². The van der Waals surface area contributed by atoms with Crippen molar-refractivity contribution in [3.8, 4) is 16.8 Å². The third kappa shape index (κ3) is 5.70. The van der Waals surface area contributed by atoms with Gasteiger partial charge in [0, 0.05) is 22.5 Å². The van der Waals surface area contributed by atoms with Gasteiger partial charge in [-0.2, -0.15) is 5.10 Å². The Morgan fingerprint density at radius 2 is 1.44 bits per heavy atom. The summed E-state index contributed by atoms with van der Waals surface area (Å²) >= 11 is -1.19. The molecule has 1 aliphatic rings. The first kappa shape index (κ1) is 29.1. The lowest BCUT2D eigenvalue weighted by atomic mass is 9.77. The summed E-state index contributed by atoms with van der Waals surface area (Å²) in [6.45, 7) is 13.3. The van der Waals surface area contributed by atoms with Crippen molar-refractivity contribution in [3.63, 3.8) is 0 Å². The van der Waals surface area contributed by atoms with E-state index in [9.17, 15) is 9.35 Å². The van der Waals surface area contributed by atoms with Gasteiger partial charge in [0.25, 0.3) is 5.91 Å². The standard InChI is InChI=1S/C33H38N4O3S/c1-22-19-29(30(34)38)35-37(22)28-17-15-26(16-18-28)32(5,6)25-11-7-23(8-12-25)24-9-13-27(14-10-24)33(20-40-21-33)36-41(39)31(2,3)4/h7-19,36H,20-21H2,1-6H3,(H2,34,38). The molecule has 0 saturated carbocycles. The van der Waals surface area contributed by atoms with Gasteiger partial charge in [0.1, 0.15) is 10.3 Å². The van der Waals surface area contributed by atoms with Crippen LogP contribution < -0.4 is 10.5 Å². The summed E-state index contributed by atoms with van der Waals surface area (Å²) in [7, 11) is 0. The number of carbonyl (C=O) groups is 1. The summed E-state index contributed by atoms with van der Waals surface area (Å²) in [6.07, 6.45) is 0. The average molecular weight is 571 g/mol. The minimum absolute atomic E-state index is 0.219. The Labute approximate surface area is 245 Å². The fourth-order valence-electron chi connectivity index (χ4n) is 5.02. The quantitative estimate of drug-likeness (QED) is 0.270. The first-order chi connectivity index (χ1) is 19.3. The van der Waals surface area contributed by atoms with E-state index in [-0.39, 0.29) is 15.9 Å². The van der Waals surface area contributed by atoms with Gasteiger partial charge in [-0.3, -0.25) is 4.79 Å². The monoisotopic (exact) mass is 570 g/mol. The van der Waals surface area contributed by atoms with E-state index in [1.807, 2.05) is 39.8 Å². The fourth-order valence-corrected chi connectivity index (χ4v) is 5.92. The fraction of sp³-hybridized carbons (Fsp3) is 0.333. The van der Waals surface area contributed by atoms with E-state index in [1.165, 1.54) is 11.1 Å². The molecule has 1 aliphatic heterocycles. The molecular weight excluding hydrogens is 532 g/mol. The Bertz CT molecular complexity index is 1530. The number of aromatic nitrogens is 2. The third-order valence-corrected chi connectivity index (χ3v) is 9.58. The van der Waals surface area contributed by atoms with Crippen LogP contribution in [0.3, 0.4) is 0 Å². The van der Waals surface area contributed by atoms with Crippen LogP contribution >= 0.6 is 0 Å². The summed E-state index contributed by atoms with van der Waals surface area (Å²) in [5, 5.41) is 4.34. The smallest absolute Gasteiger partial charge is 0.269 e. The average Bonchev–Trinajstić information content (AvgIpc) is 3.32. The lowest BCUT2D eigenvalue weighted by molar-refractivity contribution is -0.0666. The predicted octanol–water partition coefficient (Wildman–Crippen LogP) is 5.55. The number of nitrogens with two attached hydrogens (primary N) is 1. The van der Waals surface area contributed by atoms with Gasteiger partial charge >= 0.3 is 0 Å². The highest BCUT2D eigenvalue weighted by Crippen LogP contribution is 2.36. The second-order valence-electron chi connectivity index (χ2n) is 12.3. The molecule has 3 aromatic carbocycles. The second-order valence-corrected chi connectivity index (χ2v) is 14.3. The highest BCUT2D eigenvalue weighted by Gasteiger charge is 2.46. The van der Waals surface area contributed by atoms with Gasteiger partial charge in [0.15, 0.2) is 5.69 Å². The molecule has 1 aromatic heterocycles. The summed E-state index contributed by atoms with van der Waals surface area (Å²) < 4.78 is 23.0. The van der Waals surface area contributed by atoms with Crippen molar-refractivity contribution in [1.29, 1.82) is 0 Å². The van der Waals surface area contributed by atoms with Crippen LogP contribution in [-0.4, -0.2) is 38.2 Å². The zero-order valence-corrected chi connectivity index (χ0v) is 25.3. The normalized spacial score (nSPS) is 15.8. The van der Waals surface area contributed by atoms with Gasteiger partial charge in [0.2, 0.25) is 0 Å². The second kappa shape index (κ2) is 10.8. The maximum absolute atomic E-state index is 12.8. The Morgan fingerprint density at radius 1 is 0.927 bits per heavy atom. The van der Waals surface area contributed by atoms with E-state index in [1.54, 1.807) is 10.7 Å². The first-order valence-electron chi connectivity index (χ1n) is 13.8. The van der Waals surface area contributed by atoms with E-state index in [0.717, 1.165) is 28.1 Å². The van der Waals surface area contributed by atoms with Crippen molar-refractivity contribution in [2.24, 2.45) is 5.73 Å². The molecule has 1 amide bonds. The van der Waals surface area contributed by atoms with Crippen molar-refractivity contribution >= 4 is 17.3 Å². The Kier molecular flexibility index (Phi) is 7.63. The van der Waals surface area contributed by atoms with Crippen LogP contribution in [0.25, 0.3) is 16.8 Å². The molecule has 8 heteroatoms. The van der Waals surface area contributed by atoms with Crippen molar-refractivity contribution < 1.29 is 14.1 Å². The van der Waals surface area contributed by atoms with Crippen LogP contribution in [0, 0.1) is 6.92 Å². The van der Waals surface area contributed by atoms with Gasteiger partial charge < -0.3 is 15.0 Å². The molecule has 214 valence electrons. The van der Waals surface area contributed by atoms with Crippen LogP contribution in [0.15, 0.2) is 78.9 Å². The topological polar surface area (TPSA) is 105 Å². The highest BCUT2D eigenvalue weighted by molar-refractivity contribution is 7.90. The molecule has 1 unspecified atom stereocenters. The number of hydrogen-bond donors (Lipinski definition) is 2. The Hall–Kier alpha value is -3.43. The van der Waals surface area contributed by atoms with Crippen LogP contribution in [0.2, 0.25) is 0 Å². The number of benzene rings is 3. The predicted molar refractivity (Wildman–Crippen MR) is 164 cm³/mol. The number of amides is 1. The maximum atomic E-state index is 12.8. The third-order valence-electron chi connectivity index (χ3n) is 7.89. The largest absolute Gasteiger partial charge is 0.598 e. The molecule has 41 heavy (non-hydrogen) atoms. The summed E-state index contributed by atoms with van der Waals surface area (Å²) in [5.41, 5.74) is 12.5. The molecule has 7 nitrogen and oxygen atoms in total. The molecule has 3 N–H and O–H groups in total. The van der Waals surface area contributed by atoms with E-state index >= 15 is 0 Å². The molecule has 2 heterocycles. The first-order valence-corrected chi connectivity index (χ1v) is 14.9. The maximum Gasteiger partial charge on any atom is 0.269 e. The Morgan fingerprint density at radius 3 is 1.88 bits per heavy atom. The van der Waals surface area contributed by atoms with Crippen LogP contribution in [-0.2, 0) is 27.1 Å². The SMILES string of the molecule is Cc1cc(C(N)=O)nn1-c1ccc(C(C)(C)c2ccc(-c3ccc(C4(N[S+]([O-])C(C)(C)C)COC4)cc3)cc2)cc1. The minimum atomic E-state index is -1.19.